The third-order valence-corrected chi connectivity index (χ3v) is 6.15. The van der Waals surface area contributed by atoms with E-state index in [1.54, 1.807) is 38.1 Å². The Kier molecular flexibility index (Phi) is 7.26. The Bertz CT molecular complexity index is 1380. The molecule has 3 aromatic rings. The first-order valence-corrected chi connectivity index (χ1v) is 11.3. The van der Waals surface area contributed by atoms with Crippen molar-refractivity contribution < 1.29 is 35.9 Å². The van der Waals surface area contributed by atoms with Crippen molar-refractivity contribution in [3.8, 4) is 0 Å². The first-order valence-electron chi connectivity index (χ1n) is 9.78. The second-order valence-corrected chi connectivity index (χ2v) is 8.95. The van der Waals surface area contributed by atoms with Gasteiger partial charge in [-0.2, -0.15) is 0 Å². The van der Waals surface area contributed by atoms with Crippen LogP contribution in [-0.4, -0.2) is 26.9 Å². The number of benzene rings is 3. The average Bonchev–Trinajstić information content (AvgIpc) is 2.77. The van der Waals surface area contributed by atoms with Crippen molar-refractivity contribution in [3.63, 3.8) is 0 Å². The highest BCUT2D eigenvalue weighted by atomic mass is 32.2. The molecule has 0 aliphatic heterocycles. The molecule has 3 rings (SSSR count). The van der Waals surface area contributed by atoms with Crippen molar-refractivity contribution in [2.45, 2.75) is 18.7 Å². The van der Waals surface area contributed by atoms with Crippen LogP contribution in [0.2, 0.25) is 0 Å². The molecule has 0 radical (unpaired) electrons. The van der Waals surface area contributed by atoms with Crippen molar-refractivity contribution in [3.05, 3.63) is 88.7 Å². The van der Waals surface area contributed by atoms with Crippen LogP contribution < -0.4 is 10.0 Å². The summed E-state index contributed by atoms with van der Waals surface area (Å²) >= 11 is 0. The largest absolute Gasteiger partial charge is 0.452 e. The standard InChI is InChI=1S/C23H19F3N2O5S/c1-13-4-3-5-16(10-13)28-34(31,32)19-11-15(7-6-14(19)2)23(30)33-12-20(29)27-18-9-8-17(24)21(25)22(18)26/h3-11,28H,12H2,1-2H3,(H,27,29). The van der Waals surface area contributed by atoms with Gasteiger partial charge in [-0.05, 0) is 61.4 Å². The zero-order chi connectivity index (χ0) is 25.0. The van der Waals surface area contributed by atoms with Gasteiger partial charge in [-0.3, -0.25) is 9.52 Å². The predicted octanol–water partition coefficient (Wildman–Crippen LogP) is 4.32. The zero-order valence-electron chi connectivity index (χ0n) is 18.0. The van der Waals surface area contributed by atoms with E-state index in [1.165, 1.54) is 12.1 Å². The van der Waals surface area contributed by atoms with Gasteiger partial charge in [0.2, 0.25) is 0 Å². The first-order chi connectivity index (χ1) is 16.0. The lowest BCUT2D eigenvalue weighted by Gasteiger charge is -2.12. The van der Waals surface area contributed by atoms with E-state index in [4.69, 9.17) is 4.74 Å². The molecule has 0 saturated carbocycles. The van der Waals surface area contributed by atoms with E-state index >= 15 is 0 Å². The Morgan fingerprint density at radius 1 is 0.941 bits per heavy atom. The van der Waals surface area contributed by atoms with Crippen LogP contribution in [0.5, 0.6) is 0 Å². The number of aryl methyl sites for hydroxylation is 2. The fraction of sp³-hybridized carbons (Fsp3) is 0.130. The second-order valence-electron chi connectivity index (χ2n) is 7.30. The highest BCUT2D eigenvalue weighted by Gasteiger charge is 2.21. The maximum atomic E-state index is 13.7. The molecule has 34 heavy (non-hydrogen) atoms. The molecule has 0 heterocycles. The number of anilines is 2. The van der Waals surface area contributed by atoms with Crippen molar-refractivity contribution in [2.24, 2.45) is 0 Å². The predicted molar refractivity (Wildman–Crippen MR) is 118 cm³/mol. The summed E-state index contributed by atoms with van der Waals surface area (Å²) in [5, 5.41) is 1.96. The fourth-order valence-corrected chi connectivity index (χ4v) is 4.28. The molecular formula is C23H19F3N2O5S. The van der Waals surface area contributed by atoms with Gasteiger partial charge in [0.15, 0.2) is 24.1 Å². The third-order valence-electron chi connectivity index (χ3n) is 4.63. The molecule has 0 unspecified atom stereocenters. The van der Waals surface area contributed by atoms with Gasteiger partial charge in [0.1, 0.15) is 0 Å². The van der Waals surface area contributed by atoms with Gasteiger partial charge in [0.25, 0.3) is 15.9 Å². The maximum absolute atomic E-state index is 13.7. The minimum absolute atomic E-state index is 0.151. The van der Waals surface area contributed by atoms with Crippen LogP contribution in [0, 0.1) is 31.3 Å². The Balaban J connectivity index is 1.70. The van der Waals surface area contributed by atoms with Crippen LogP contribution in [0.3, 0.4) is 0 Å². The monoisotopic (exact) mass is 492 g/mol. The van der Waals surface area contributed by atoms with E-state index in [0.717, 1.165) is 17.7 Å². The second kappa shape index (κ2) is 9.96. The van der Waals surface area contributed by atoms with E-state index in [9.17, 15) is 31.2 Å². The van der Waals surface area contributed by atoms with Gasteiger partial charge < -0.3 is 10.1 Å². The molecule has 0 aromatic heterocycles. The van der Waals surface area contributed by atoms with Gasteiger partial charge in [-0.1, -0.05) is 18.2 Å². The molecule has 11 heteroatoms. The van der Waals surface area contributed by atoms with E-state index < -0.39 is 51.6 Å². The van der Waals surface area contributed by atoms with Crippen molar-refractivity contribution >= 4 is 33.3 Å². The zero-order valence-corrected chi connectivity index (χ0v) is 18.8. The van der Waals surface area contributed by atoms with Crippen molar-refractivity contribution in [1.82, 2.24) is 0 Å². The molecule has 0 fully saturated rings. The molecular weight excluding hydrogens is 473 g/mol. The number of hydrogen-bond donors (Lipinski definition) is 2. The van der Waals surface area contributed by atoms with Crippen LogP contribution in [0.1, 0.15) is 21.5 Å². The molecule has 178 valence electrons. The molecule has 0 atom stereocenters. The highest BCUT2D eigenvalue weighted by Crippen LogP contribution is 2.22. The topological polar surface area (TPSA) is 102 Å². The number of nitrogens with one attached hydrogen (secondary N) is 2. The van der Waals surface area contributed by atoms with Crippen molar-refractivity contribution in [2.75, 3.05) is 16.6 Å². The SMILES string of the molecule is Cc1cccc(NS(=O)(=O)c2cc(C(=O)OCC(=O)Nc3ccc(F)c(F)c3F)ccc2C)c1. The van der Waals surface area contributed by atoms with Gasteiger partial charge >= 0.3 is 5.97 Å². The number of halogens is 3. The number of amides is 1. The molecule has 0 saturated heterocycles. The third kappa shape index (κ3) is 5.73. The summed E-state index contributed by atoms with van der Waals surface area (Å²) in [5.74, 6) is -6.83. The summed E-state index contributed by atoms with van der Waals surface area (Å²) in [7, 11) is -4.05. The average molecular weight is 492 g/mol. The summed E-state index contributed by atoms with van der Waals surface area (Å²) in [6.07, 6.45) is 0. The van der Waals surface area contributed by atoms with Crippen LogP contribution >= 0.6 is 0 Å². The van der Waals surface area contributed by atoms with Crippen LogP contribution in [0.25, 0.3) is 0 Å². The van der Waals surface area contributed by atoms with Crippen molar-refractivity contribution in [1.29, 1.82) is 0 Å². The normalized spacial score (nSPS) is 11.1. The molecule has 2 N–H and O–H groups in total. The van der Waals surface area contributed by atoms with E-state index in [0.29, 0.717) is 17.3 Å². The Hall–Kier alpha value is -3.86. The molecule has 0 aliphatic carbocycles. The number of carbonyl (C=O) groups is 2. The smallest absolute Gasteiger partial charge is 0.338 e. The summed E-state index contributed by atoms with van der Waals surface area (Å²) in [6, 6.07) is 12.0. The van der Waals surface area contributed by atoms with Crippen LogP contribution in [0.4, 0.5) is 24.5 Å². The summed E-state index contributed by atoms with van der Waals surface area (Å²) in [6.45, 7) is 2.47. The number of ether oxygens (including phenoxy) is 1. The summed E-state index contributed by atoms with van der Waals surface area (Å²) < 4.78 is 72.9. The number of sulfonamides is 1. The Morgan fingerprint density at radius 3 is 2.38 bits per heavy atom. The molecule has 3 aromatic carbocycles. The quantitative estimate of drug-likeness (QED) is 0.378. The summed E-state index contributed by atoms with van der Waals surface area (Å²) in [5.41, 5.74) is 0.764. The molecule has 0 aliphatic rings. The first kappa shape index (κ1) is 24.8. The fourth-order valence-electron chi connectivity index (χ4n) is 2.96. The van der Waals surface area contributed by atoms with E-state index in [-0.39, 0.29) is 10.5 Å². The number of rotatable bonds is 7. The van der Waals surface area contributed by atoms with Gasteiger partial charge in [-0.25, -0.2) is 26.4 Å². The van der Waals surface area contributed by atoms with E-state index in [2.05, 4.69) is 4.72 Å². The van der Waals surface area contributed by atoms with Gasteiger partial charge in [0.05, 0.1) is 16.1 Å². The van der Waals surface area contributed by atoms with Gasteiger partial charge in [0, 0.05) is 5.69 Å². The number of carbonyl (C=O) groups excluding carboxylic acids is 2. The summed E-state index contributed by atoms with van der Waals surface area (Å²) in [4.78, 5) is 24.1. The minimum Gasteiger partial charge on any atom is -0.452 e. The molecule has 1 amide bonds. The molecule has 0 bridgehead atoms. The van der Waals surface area contributed by atoms with Gasteiger partial charge in [-0.15, -0.1) is 0 Å². The minimum atomic E-state index is -4.05. The molecule has 7 nitrogen and oxygen atoms in total. The Morgan fingerprint density at radius 2 is 1.68 bits per heavy atom. The number of esters is 1. The lowest BCUT2D eigenvalue weighted by molar-refractivity contribution is -0.119. The maximum Gasteiger partial charge on any atom is 0.338 e. The van der Waals surface area contributed by atoms with E-state index in [1.807, 2.05) is 5.32 Å². The molecule has 0 spiro atoms. The van der Waals surface area contributed by atoms with Crippen LogP contribution in [-0.2, 0) is 19.6 Å². The lowest BCUT2D eigenvalue weighted by atomic mass is 10.1. The lowest BCUT2D eigenvalue weighted by Crippen LogP contribution is -2.22. The highest BCUT2D eigenvalue weighted by molar-refractivity contribution is 7.92. The Labute approximate surface area is 193 Å². The number of hydrogen-bond acceptors (Lipinski definition) is 5. The van der Waals surface area contributed by atoms with Crippen LogP contribution in [0.15, 0.2) is 59.5 Å².